The summed E-state index contributed by atoms with van der Waals surface area (Å²) in [6.07, 6.45) is 7.88. The molecule has 0 saturated heterocycles. The Kier molecular flexibility index (Phi) is 3.97. The van der Waals surface area contributed by atoms with Crippen molar-refractivity contribution in [3.63, 3.8) is 0 Å². The topological polar surface area (TPSA) is 55.1 Å². The van der Waals surface area contributed by atoms with Gasteiger partial charge in [0.15, 0.2) is 0 Å². The van der Waals surface area contributed by atoms with Crippen molar-refractivity contribution in [1.29, 1.82) is 0 Å². The zero-order valence-corrected chi connectivity index (χ0v) is 11.3. The molecule has 1 aromatic carbocycles. The Morgan fingerprint density at radius 1 is 1.44 bits per heavy atom. The van der Waals surface area contributed by atoms with Crippen LogP contribution in [0.4, 0.5) is 5.69 Å². The second kappa shape index (κ2) is 5.48. The van der Waals surface area contributed by atoms with Crippen LogP contribution in [0.1, 0.15) is 18.4 Å². The number of hydrogen-bond donors (Lipinski definition) is 2. The summed E-state index contributed by atoms with van der Waals surface area (Å²) in [5.41, 5.74) is 7.30. The lowest BCUT2D eigenvalue weighted by Crippen LogP contribution is -2.30. The SMILES string of the molecule is CSC1(CNC(=O)/C=C/c2ccc(N)cc2)CC1. The maximum absolute atomic E-state index is 11.6. The normalized spacial score (nSPS) is 16.7. The summed E-state index contributed by atoms with van der Waals surface area (Å²) in [5.74, 6) is -0.0350. The van der Waals surface area contributed by atoms with Crippen LogP contribution < -0.4 is 11.1 Å². The van der Waals surface area contributed by atoms with E-state index >= 15 is 0 Å². The Morgan fingerprint density at radius 2 is 2.11 bits per heavy atom. The average molecular weight is 262 g/mol. The molecular formula is C14H18N2OS. The highest BCUT2D eigenvalue weighted by Gasteiger charge is 2.41. The predicted octanol–water partition coefficient (Wildman–Crippen LogP) is 2.29. The van der Waals surface area contributed by atoms with Crippen molar-refractivity contribution in [3.8, 4) is 0 Å². The highest BCUT2D eigenvalue weighted by Crippen LogP contribution is 2.46. The molecule has 1 saturated carbocycles. The molecular weight excluding hydrogens is 244 g/mol. The van der Waals surface area contributed by atoms with E-state index in [1.165, 1.54) is 12.8 Å². The Morgan fingerprint density at radius 3 is 2.67 bits per heavy atom. The molecule has 0 radical (unpaired) electrons. The van der Waals surface area contributed by atoms with Gasteiger partial charge in [0.1, 0.15) is 0 Å². The Hall–Kier alpha value is -1.42. The van der Waals surface area contributed by atoms with Crippen molar-refractivity contribution in [1.82, 2.24) is 5.32 Å². The smallest absolute Gasteiger partial charge is 0.244 e. The fourth-order valence-electron chi connectivity index (χ4n) is 1.68. The minimum atomic E-state index is -0.0350. The van der Waals surface area contributed by atoms with Crippen molar-refractivity contribution >= 4 is 29.4 Å². The van der Waals surface area contributed by atoms with E-state index < -0.39 is 0 Å². The van der Waals surface area contributed by atoms with Crippen LogP contribution in [-0.4, -0.2) is 23.5 Å². The van der Waals surface area contributed by atoms with Gasteiger partial charge in [0, 0.05) is 23.1 Å². The molecule has 18 heavy (non-hydrogen) atoms. The van der Waals surface area contributed by atoms with Gasteiger partial charge in [-0.1, -0.05) is 12.1 Å². The number of anilines is 1. The van der Waals surface area contributed by atoms with Gasteiger partial charge in [-0.2, -0.15) is 11.8 Å². The maximum Gasteiger partial charge on any atom is 0.244 e. The van der Waals surface area contributed by atoms with Crippen molar-refractivity contribution in [2.45, 2.75) is 17.6 Å². The summed E-state index contributed by atoms with van der Waals surface area (Å²) in [6.45, 7) is 0.763. The molecule has 0 bridgehead atoms. The molecule has 0 atom stereocenters. The van der Waals surface area contributed by atoms with E-state index in [0.717, 1.165) is 17.8 Å². The summed E-state index contributed by atoms with van der Waals surface area (Å²) in [6, 6.07) is 7.43. The van der Waals surface area contributed by atoms with Gasteiger partial charge in [0.05, 0.1) is 0 Å². The molecule has 0 spiro atoms. The van der Waals surface area contributed by atoms with Gasteiger partial charge in [0.25, 0.3) is 0 Å². The number of carbonyl (C=O) groups excluding carboxylic acids is 1. The van der Waals surface area contributed by atoms with Crippen LogP contribution in [0.3, 0.4) is 0 Å². The molecule has 2 rings (SSSR count). The van der Waals surface area contributed by atoms with Crippen molar-refractivity contribution < 1.29 is 4.79 Å². The molecule has 3 nitrogen and oxygen atoms in total. The van der Waals surface area contributed by atoms with Crippen LogP contribution in [-0.2, 0) is 4.79 Å². The molecule has 1 aliphatic rings. The van der Waals surface area contributed by atoms with Gasteiger partial charge in [0.2, 0.25) is 5.91 Å². The van der Waals surface area contributed by atoms with Gasteiger partial charge in [-0.25, -0.2) is 0 Å². The van der Waals surface area contributed by atoms with Gasteiger partial charge in [-0.05, 0) is 42.9 Å². The number of benzene rings is 1. The van der Waals surface area contributed by atoms with Crippen LogP contribution in [0.15, 0.2) is 30.3 Å². The third kappa shape index (κ3) is 3.53. The van der Waals surface area contributed by atoms with E-state index in [4.69, 9.17) is 5.73 Å². The number of amides is 1. The van der Waals surface area contributed by atoms with Crippen LogP contribution in [0, 0.1) is 0 Å². The van der Waals surface area contributed by atoms with E-state index in [1.54, 1.807) is 12.2 Å². The molecule has 0 aromatic heterocycles. The Bertz CT molecular complexity index is 449. The average Bonchev–Trinajstić information content (AvgIpc) is 3.16. The molecule has 0 aliphatic heterocycles. The van der Waals surface area contributed by atoms with Gasteiger partial charge in [-0.3, -0.25) is 4.79 Å². The molecule has 1 fully saturated rings. The van der Waals surface area contributed by atoms with Gasteiger partial charge >= 0.3 is 0 Å². The molecule has 4 heteroatoms. The van der Waals surface area contributed by atoms with E-state index in [2.05, 4.69) is 11.6 Å². The van der Waals surface area contributed by atoms with Crippen molar-refractivity contribution in [2.24, 2.45) is 0 Å². The number of nitrogens with one attached hydrogen (secondary N) is 1. The number of carbonyl (C=O) groups is 1. The number of nitrogen functional groups attached to an aromatic ring is 1. The van der Waals surface area contributed by atoms with Gasteiger partial charge < -0.3 is 11.1 Å². The summed E-state index contributed by atoms with van der Waals surface area (Å²) >= 11 is 1.84. The fourth-order valence-corrected chi connectivity index (χ4v) is 2.41. The van der Waals surface area contributed by atoms with E-state index in [9.17, 15) is 4.79 Å². The number of nitrogens with two attached hydrogens (primary N) is 1. The minimum Gasteiger partial charge on any atom is -0.399 e. The molecule has 96 valence electrons. The standard InChI is InChI=1S/C14H18N2OS/c1-18-14(8-9-14)10-16-13(17)7-4-11-2-5-12(15)6-3-11/h2-7H,8-10,15H2,1H3,(H,16,17)/b7-4+. The first-order valence-corrected chi connectivity index (χ1v) is 7.23. The molecule has 1 aliphatic carbocycles. The number of hydrogen-bond acceptors (Lipinski definition) is 3. The summed E-state index contributed by atoms with van der Waals surface area (Å²) in [7, 11) is 0. The maximum atomic E-state index is 11.6. The second-order valence-electron chi connectivity index (χ2n) is 4.60. The highest BCUT2D eigenvalue weighted by atomic mass is 32.2. The molecule has 0 heterocycles. The lowest BCUT2D eigenvalue weighted by molar-refractivity contribution is -0.116. The third-order valence-corrected chi connectivity index (χ3v) is 4.61. The van der Waals surface area contributed by atoms with Crippen molar-refractivity contribution in [3.05, 3.63) is 35.9 Å². The van der Waals surface area contributed by atoms with E-state index in [-0.39, 0.29) is 5.91 Å². The first-order valence-electron chi connectivity index (χ1n) is 6.00. The Balaban J connectivity index is 1.81. The molecule has 1 aromatic rings. The largest absolute Gasteiger partial charge is 0.399 e. The van der Waals surface area contributed by atoms with E-state index in [1.807, 2.05) is 36.0 Å². The second-order valence-corrected chi connectivity index (χ2v) is 5.88. The predicted molar refractivity (Wildman–Crippen MR) is 78.4 cm³/mol. The van der Waals surface area contributed by atoms with Crippen LogP contribution in [0.25, 0.3) is 6.08 Å². The zero-order valence-electron chi connectivity index (χ0n) is 10.5. The fraction of sp³-hybridized carbons (Fsp3) is 0.357. The first-order chi connectivity index (χ1) is 8.63. The monoisotopic (exact) mass is 262 g/mol. The highest BCUT2D eigenvalue weighted by molar-refractivity contribution is 8.00. The lowest BCUT2D eigenvalue weighted by atomic mass is 10.2. The minimum absolute atomic E-state index is 0.0350. The van der Waals surface area contributed by atoms with Crippen LogP contribution in [0.5, 0.6) is 0 Å². The zero-order chi connectivity index (χ0) is 13.0. The molecule has 3 N–H and O–H groups in total. The summed E-state index contributed by atoms with van der Waals surface area (Å²) in [5, 5.41) is 2.95. The number of thioether (sulfide) groups is 1. The quantitative estimate of drug-likeness (QED) is 0.632. The van der Waals surface area contributed by atoms with E-state index in [0.29, 0.717) is 4.75 Å². The molecule has 0 unspecified atom stereocenters. The van der Waals surface area contributed by atoms with Crippen LogP contribution >= 0.6 is 11.8 Å². The summed E-state index contributed by atoms with van der Waals surface area (Å²) in [4.78, 5) is 11.6. The van der Waals surface area contributed by atoms with Gasteiger partial charge in [-0.15, -0.1) is 0 Å². The first kappa shape index (κ1) is 13.0. The number of rotatable bonds is 5. The van der Waals surface area contributed by atoms with Crippen LogP contribution in [0.2, 0.25) is 0 Å². The third-order valence-electron chi connectivity index (χ3n) is 3.19. The Labute approximate surface area is 112 Å². The lowest BCUT2D eigenvalue weighted by Gasteiger charge is -2.11. The summed E-state index contributed by atoms with van der Waals surface area (Å²) < 4.78 is 0.310. The van der Waals surface area contributed by atoms with Crippen molar-refractivity contribution in [2.75, 3.05) is 18.5 Å². The molecule has 1 amide bonds.